The minimum Gasteiger partial charge on any atom is -0.299 e. The van der Waals surface area contributed by atoms with Gasteiger partial charge in [-0.2, -0.15) is 0 Å². The highest BCUT2D eigenvalue weighted by Gasteiger charge is 2.22. The molecule has 1 fully saturated rings. The van der Waals surface area contributed by atoms with Crippen LogP contribution >= 0.6 is 15.9 Å². The van der Waals surface area contributed by atoms with Crippen LogP contribution in [0.25, 0.3) is 0 Å². The molecular formula is C13H18BrFN2O2S. The predicted octanol–water partition coefficient (Wildman–Crippen LogP) is 2.10. The highest BCUT2D eigenvalue weighted by molar-refractivity contribution is 9.10. The number of nitrogens with one attached hydrogen (secondary N) is 1. The van der Waals surface area contributed by atoms with Gasteiger partial charge in [-0.3, -0.25) is 4.90 Å². The molecule has 0 bridgehead atoms. The number of benzene rings is 1. The maximum atomic E-state index is 13.8. The molecule has 0 aliphatic carbocycles. The van der Waals surface area contributed by atoms with Crippen LogP contribution in [0.4, 0.5) is 4.39 Å². The average molecular weight is 365 g/mol. The first-order chi connectivity index (χ1) is 9.33. The molecule has 1 N–H and O–H groups in total. The molecule has 0 radical (unpaired) electrons. The van der Waals surface area contributed by atoms with Gasteiger partial charge in [-0.15, -0.1) is 0 Å². The molecule has 0 unspecified atom stereocenters. The molecule has 1 aromatic rings. The van der Waals surface area contributed by atoms with Crippen molar-refractivity contribution < 1.29 is 12.8 Å². The van der Waals surface area contributed by atoms with E-state index in [1.165, 1.54) is 12.3 Å². The molecule has 0 atom stereocenters. The molecule has 112 valence electrons. The Morgan fingerprint density at radius 1 is 1.40 bits per heavy atom. The second-order valence-corrected chi connectivity index (χ2v) is 7.87. The number of halogens is 2. The molecule has 1 aromatic carbocycles. The predicted molar refractivity (Wildman–Crippen MR) is 80.4 cm³/mol. The summed E-state index contributed by atoms with van der Waals surface area (Å²) in [5.41, 5.74) is 0.669. The zero-order valence-corrected chi connectivity index (χ0v) is 13.7. The number of hydrogen-bond donors (Lipinski definition) is 1. The smallest absolute Gasteiger partial charge is 0.208 e. The van der Waals surface area contributed by atoms with Crippen LogP contribution in [0.15, 0.2) is 22.7 Å². The fourth-order valence-corrected chi connectivity index (χ4v) is 3.58. The third kappa shape index (κ3) is 4.80. The van der Waals surface area contributed by atoms with Crippen LogP contribution in [-0.2, 0) is 16.6 Å². The lowest BCUT2D eigenvalue weighted by atomic mass is 10.1. The first-order valence-electron chi connectivity index (χ1n) is 6.47. The lowest BCUT2D eigenvalue weighted by Gasteiger charge is -2.32. The normalized spacial score (nSPS) is 18.4. The van der Waals surface area contributed by atoms with Crippen LogP contribution < -0.4 is 4.72 Å². The molecular weight excluding hydrogens is 347 g/mol. The van der Waals surface area contributed by atoms with Crippen molar-refractivity contribution in [3.8, 4) is 0 Å². The summed E-state index contributed by atoms with van der Waals surface area (Å²) >= 11 is 3.24. The second kappa shape index (κ2) is 6.51. The van der Waals surface area contributed by atoms with Gasteiger partial charge >= 0.3 is 0 Å². The van der Waals surface area contributed by atoms with Crippen molar-refractivity contribution in [2.45, 2.75) is 25.4 Å². The number of piperidine rings is 1. The van der Waals surface area contributed by atoms with E-state index >= 15 is 0 Å². The van der Waals surface area contributed by atoms with Crippen molar-refractivity contribution in [3.05, 3.63) is 34.1 Å². The fraction of sp³-hybridized carbons (Fsp3) is 0.538. The lowest BCUT2D eigenvalue weighted by molar-refractivity contribution is 0.198. The van der Waals surface area contributed by atoms with E-state index < -0.39 is 10.0 Å². The Bertz CT molecular complexity index is 572. The Kier molecular flexibility index (Phi) is 5.17. The number of nitrogens with zero attached hydrogens (tertiary/aromatic N) is 1. The summed E-state index contributed by atoms with van der Waals surface area (Å²) in [6, 6.07) is 5.07. The number of hydrogen-bond acceptors (Lipinski definition) is 3. The van der Waals surface area contributed by atoms with Crippen molar-refractivity contribution in [2.24, 2.45) is 0 Å². The van der Waals surface area contributed by atoms with E-state index in [0.29, 0.717) is 12.1 Å². The Hall–Kier alpha value is -0.500. The summed E-state index contributed by atoms with van der Waals surface area (Å²) in [4.78, 5) is 2.15. The third-order valence-electron chi connectivity index (χ3n) is 3.38. The van der Waals surface area contributed by atoms with E-state index in [1.54, 1.807) is 6.07 Å². The van der Waals surface area contributed by atoms with Crippen LogP contribution in [0.3, 0.4) is 0 Å². The molecule has 7 heteroatoms. The Labute approximate surface area is 127 Å². The van der Waals surface area contributed by atoms with Gasteiger partial charge in [0.15, 0.2) is 0 Å². The van der Waals surface area contributed by atoms with Gasteiger partial charge in [0.2, 0.25) is 10.0 Å². The van der Waals surface area contributed by atoms with Crippen LogP contribution in [0.2, 0.25) is 0 Å². The summed E-state index contributed by atoms with van der Waals surface area (Å²) in [5, 5.41) is 0. The van der Waals surface area contributed by atoms with Gasteiger partial charge in [-0.25, -0.2) is 17.5 Å². The highest BCUT2D eigenvalue weighted by Crippen LogP contribution is 2.19. The van der Waals surface area contributed by atoms with Gasteiger partial charge in [0.1, 0.15) is 5.82 Å². The van der Waals surface area contributed by atoms with Crippen molar-refractivity contribution in [1.82, 2.24) is 9.62 Å². The molecule has 20 heavy (non-hydrogen) atoms. The van der Waals surface area contributed by atoms with Crippen molar-refractivity contribution in [2.75, 3.05) is 19.3 Å². The summed E-state index contributed by atoms with van der Waals surface area (Å²) in [7, 11) is -3.15. The molecule has 0 aromatic heterocycles. The molecule has 0 amide bonds. The standard InChI is InChI=1S/C13H18BrFN2O2S/c1-20(18,19)16-12-4-6-17(7-5-12)9-10-2-3-11(14)8-13(10)15/h2-3,8,12,16H,4-7,9H2,1H3. The monoisotopic (exact) mass is 364 g/mol. The Morgan fingerprint density at radius 2 is 2.05 bits per heavy atom. The number of sulfonamides is 1. The van der Waals surface area contributed by atoms with Gasteiger partial charge in [0, 0.05) is 35.7 Å². The van der Waals surface area contributed by atoms with E-state index in [-0.39, 0.29) is 11.9 Å². The average Bonchev–Trinajstić information content (AvgIpc) is 2.33. The van der Waals surface area contributed by atoms with Gasteiger partial charge in [0.05, 0.1) is 6.26 Å². The first kappa shape index (κ1) is 15.9. The van der Waals surface area contributed by atoms with E-state index in [2.05, 4.69) is 25.6 Å². The molecule has 1 heterocycles. The van der Waals surface area contributed by atoms with E-state index in [4.69, 9.17) is 0 Å². The largest absolute Gasteiger partial charge is 0.299 e. The second-order valence-electron chi connectivity index (χ2n) is 5.18. The van der Waals surface area contributed by atoms with Gasteiger partial charge < -0.3 is 0 Å². The van der Waals surface area contributed by atoms with Gasteiger partial charge in [-0.1, -0.05) is 22.0 Å². The zero-order chi connectivity index (χ0) is 14.8. The minimum atomic E-state index is -3.15. The molecule has 1 aliphatic heterocycles. The van der Waals surface area contributed by atoms with Crippen molar-refractivity contribution in [1.29, 1.82) is 0 Å². The molecule has 1 aliphatic rings. The Morgan fingerprint density at radius 3 is 2.60 bits per heavy atom. The van der Waals surface area contributed by atoms with E-state index in [0.717, 1.165) is 30.4 Å². The molecule has 0 saturated carbocycles. The maximum Gasteiger partial charge on any atom is 0.208 e. The molecule has 2 rings (SSSR count). The summed E-state index contributed by atoms with van der Waals surface area (Å²) in [6.07, 6.45) is 2.69. The summed E-state index contributed by atoms with van der Waals surface area (Å²) in [5.74, 6) is -0.212. The molecule has 0 spiro atoms. The third-order valence-corrected chi connectivity index (χ3v) is 4.63. The van der Waals surface area contributed by atoms with Gasteiger partial charge in [0.25, 0.3) is 0 Å². The number of likely N-dealkylation sites (tertiary alicyclic amines) is 1. The van der Waals surface area contributed by atoms with Gasteiger partial charge in [-0.05, 0) is 25.0 Å². The van der Waals surface area contributed by atoms with Crippen LogP contribution in [0.5, 0.6) is 0 Å². The quantitative estimate of drug-likeness (QED) is 0.889. The topological polar surface area (TPSA) is 49.4 Å². The maximum absolute atomic E-state index is 13.8. The molecule has 4 nitrogen and oxygen atoms in total. The summed E-state index contributed by atoms with van der Waals surface area (Å²) in [6.45, 7) is 2.09. The van der Waals surface area contributed by atoms with Crippen LogP contribution in [-0.4, -0.2) is 38.7 Å². The SMILES string of the molecule is CS(=O)(=O)NC1CCN(Cc2ccc(Br)cc2F)CC1. The highest BCUT2D eigenvalue weighted by atomic mass is 79.9. The lowest BCUT2D eigenvalue weighted by Crippen LogP contribution is -2.44. The van der Waals surface area contributed by atoms with E-state index in [1.807, 2.05) is 6.07 Å². The first-order valence-corrected chi connectivity index (χ1v) is 9.15. The van der Waals surface area contributed by atoms with Crippen LogP contribution in [0.1, 0.15) is 18.4 Å². The zero-order valence-electron chi connectivity index (χ0n) is 11.3. The van der Waals surface area contributed by atoms with Crippen molar-refractivity contribution >= 4 is 26.0 Å². The van der Waals surface area contributed by atoms with Crippen LogP contribution in [0, 0.1) is 5.82 Å². The van der Waals surface area contributed by atoms with E-state index in [9.17, 15) is 12.8 Å². The van der Waals surface area contributed by atoms with Crippen molar-refractivity contribution in [3.63, 3.8) is 0 Å². The Balaban J connectivity index is 1.88. The minimum absolute atomic E-state index is 0.00369. The number of rotatable bonds is 4. The summed E-state index contributed by atoms with van der Waals surface area (Å²) < 4.78 is 39.5. The molecule has 1 saturated heterocycles. The fourth-order valence-electron chi connectivity index (χ4n) is 2.40.